The molecule has 0 bridgehead atoms. The molecule has 4 aromatic rings. The molecule has 0 saturated carbocycles. The number of aromatic nitrogens is 5. The largest absolute Gasteiger partial charge is 0.367 e. The van der Waals surface area contributed by atoms with Crippen molar-refractivity contribution in [2.24, 2.45) is 0 Å². The Kier molecular flexibility index (Phi) is 6.03. The molecule has 0 aliphatic heterocycles. The average molecular weight is 434 g/mol. The lowest BCUT2D eigenvalue weighted by Gasteiger charge is -2.07. The quantitative estimate of drug-likeness (QED) is 0.433. The van der Waals surface area contributed by atoms with E-state index in [1.807, 2.05) is 69.3 Å². The van der Waals surface area contributed by atoms with E-state index in [2.05, 4.69) is 30.9 Å². The van der Waals surface area contributed by atoms with Crippen LogP contribution in [0.3, 0.4) is 0 Å². The number of nitrogens with one attached hydrogen (secondary N) is 2. The highest BCUT2D eigenvalue weighted by Crippen LogP contribution is 2.27. The lowest BCUT2D eigenvalue weighted by atomic mass is 10.2. The first-order valence-electron chi connectivity index (χ1n) is 9.93. The summed E-state index contributed by atoms with van der Waals surface area (Å²) in [6.45, 7) is 6.76. The minimum Gasteiger partial charge on any atom is -0.367 e. The summed E-state index contributed by atoms with van der Waals surface area (Å²) in [7, 11) is 0. The second-order valence-electron chi connectivity index (χ2n) is 7.10. The number of hydrogen-bond donors (Lipinski definition) is 2. The molecule has 0 saturated heterocycles. The molecule has 31 heavy (non-hydrogen) atoms. The molecule has 158 valence electrons. The van der Waals surface area contributed by atoms with Gasteiger partial charge in [0.15, 0.2) is 5.82 Å². The van der Waals surface area contributed by atoms with Crippen LogP contribution in [0.25, 0.3) is 16.4 Å². The van der Waals surface area contributed by atoms with Crippen LogP contribution in [0, 0.1) is 20.8 Å². The van der Waals surface area contributed by atoms with Crippen molar-refractivity contribution < 1.29 is 4.79 Å². The molecule has 0 atom stereocenters. The molecule has 1 aromatic carbocycles. The Morgan fingerprint density at radius 1 is 1.03 bits per heavy atom. The van der Waals surface area contributed by atoms with E-state index in [4.69, 9.17) is 0 Å². The molecule has 0 radical (unpaired) electrons. The Morgan fingerprint density at radius 2 is 1.84 bits per heavy atom. The summed E-state index contributed by atoms with van der Waals surface area (Å²) in [6, 6.07) is 15.6. The standard InChI is InChI=1S/C22H23N7OS/c1-14-13-15(2)29(28-14)19-10-9-18(26-27-19)23-11-12-24-21(30)20-16(3)25-22(31-20)17-7-5-4-6-8-17/h4-10,13H,11-12H2,1-3H3,(H,23,26)(H,24,30). The number of anilines is 1. The molecular formula is C22H23N7OS. The summed E-state index contributed by atoms with van der Waals surface area (Å²) in [6.07, 6.45) is 0. The molecule has 4 rings (SSSR count). The van der Waals surface area contributed by atoms with Gasteiger partial charge in [0.05, 0.1) is 11.4 Å². The number of amides is 1. The maximum Gasteiger partial charge on any atom is 0.263 e. The minimum atomic E-state index is -0.120. The molecule has 3 aromatic heterocycles. The fourth-order valence-electron chi connectivity index (χ4n) is 3.15. The maximum atomic E-state index is 12.6. The van der Waals surface area contributed by atoms with Gasteiger partial charge in [0, 0.05) is 24.3 Å². The third kappa shape index (κ3) is 4.77. The van der Waals surface area contributed by atoms with E-state index in [1.54, 1.807) is 4.68 Å². The van der Waals surface area contributed by atoms with E-state index in [1.165, 1.54) is 11.3 Å². The van der Waals surface area contributed by atoms with E-state index in [0.29, 0.717) is 29.6 Å². The highest BCUT2D eigenvalue weighted by atomic mass is 32.1. The van der Waals surface area contributed by atoms with E-state index in [9.17, 15) is 4.79 Å². The molecule has 3 heterocycles. The monoisotopic (exact) mass is 433 g/mol. The summed E-state index contributed by atoms with van der Waals surface area (Å²) in [5.74, 6) is 1.18. The zero-order valence-electron chi connectivity index (χ0n) is 17.6. The molecule has 0 unspecified atom stereocenters. The van der Waals surface area contributed by atoms with Crippen LogP contribution >= 0.6 is 11.3 Å². The molecule has 0 fully saturated rings. The van der Waals surface area contributed by atoms with E-state index in [-0.39, 0.29) is 5.91 Å². The maximum absolute atomic E-state index is 12.6. The first kappa shape index (κ1) is 20.7. The van der Waals surface area contributed by atoms with Crippen molar-refractivity contribution in [1.29, 1.82) is 0 Å². The van der Waals surface area contributed by atoms with Gasteiger partial charge in [0.2, 0.25) is 0 Å². The third-order valence-electron chi connectivity index (χ3n) is 4.62. The number of benzene rings is 1. The Balaban J connectivity index is 1.29. The summed E-state index contributed by atoms with van der Waals surface area (Å²) in [5.41, 5.74) is 3.69. The number of carbonyl (C=O) groups excluding carboxylic acids is 1. The van der Waals surface area contributed by atoms with Crippen molar-refractivity contribution in [3.63, 3.8) is 0 Å². The van der Waals surface area contributed by atoms with Gasteiger partial charge in [-0.1, -0.05) is 30.3 Å². The Labute approximate surface area is 184 Å². The number of hydrogen-bond acceptors (Lipinski definition) is 7. The van der Waals surface area contributed by atoms with Crippen LogP contribution in [0.2, 0.25) is 0 Å². The van der Waals surface area contributed by atoms with Crippen molar-refractivity contribution in [1.82, 2.24) is 30.3 Å². The summed E-state index contributed by atoms with van der Waals surface area (Å²) in [5, 5.41) is 19.8. The zero-order chi connectivity index (χ0) is 21.8. The SMILES string of the molecule is Cc1cc(C)n(-c2ccc(NCCNC(=O)c3sc(-c4ccccc4)nc3C)nn2)n1. The Morgan fingerprint density at radius 3 is 2.52 bits per heavy atom. The number of nitrogens with zero attached hydrogens (tertiary/aromatic N) is 5. The first-order valence-corrected chi connectivity index (χ1v) is 10.7. The van der Waals surface area contributed by atoms with E-state index < -0.39 is 0 Å². The van der Waals surface area contributed by atoms with Gasteiger partial charge in [0.1, 0.15) is 15.7 Å². The predicted molar refractivity (Wildman–Crippen MR) is 122 cm³/mol. The average Bonchev–Trinajstić information content (AvgIpc) is 3.33. The van der Waals surface area contributed by atoms with Gasteiger partial charge in [-0.15, -0.1) is 21.5 Å². The summed E-state index contributed by atoms with van der Waals surface area (Å²) >= 11 is 1.40. The molecule has 9 heteroatoms. The fourth-order valence-corrected chi connectivity index (χ4v) is 4.14. The minimum absolute atomic E-state index is 0.120. The van der Waals surface area contributed by atoms with Gasteiger partial charge in [0.25, 0.3) is 5.91 Å². The molecule has 0 aliphatic carbocycles. The molecule has 2 N–H and O–H groups in total. The third-order valence-corrected chi connectivity index (χ3v) is 5.82. The van der Waals surface area contributed by atoms with Gasteiger partial charge in [-0.2, -0.15) is 5.10 Å². The van der Waals surface area contributed by atoms with Crippen LogP contribution < -0.4 is 10.6 Å². The van der Waals surface area contributed by atoms with Crippen LogP contribution in [0.1, 0.15) is 26.8 Å². The van der Waals surface area contributed by atoms with Gasteiger partial charge in [-0.05, 0) is 39.0 Å². The molecule has 0 spiro atoms. The van der Waals surface area contributed by atoms with E-state index >= 15 is 0 Å². The van der Waals surface area contributed by atoms with Gasteiger partial charge >= 0.3 is 0 Å². The lowest BCUT2D eigenvalue weighted by molar-refractivity contribution is 0.0958. The molecule has 8 nitrogen and oxygen atoms in total. The molecule has 0 aliphatic rings. The predicted octanol–water partition coefficient (Wildman–Crippen LogP) is 3.55. The van der Waals surface area contributed by atoms with Crippen molar-refractivity contribution >= 4 is 23.1 Å². The van der Waals surface area contributed by atoms with Crippen LogP contribution in [-0.2, 0) is 0 Å². The number of thiazole rings is 1. The Bertz CT molecular complexity index is 1180. The second-order valence-corrected chi connectivity index (χ2v) is 8.10. The fraction of sp³-hybridized carbons (Fsp3) is 0.227. The number of aryl methyl sites for hydroxylation is 3. The topological polar surface area (TPSA) is 97.6 Å². The van der Waals surface area contributed by atoms with Crippen LogP contribution in [0.5, 0.6) is 0 Å². The second kappa shape index (κ2) is 9.05. The normalized spacial score (nSPS) is 10.8. The van der Waals surface area contributed by atoms with Crippen LogP contribution in [-0.4, -0.2) is 44.0 Å². The lowest BCUT2D eigenvalue weighted by Crippen LogP contribution is -2.28. The van der Waals surface area contributed by atoms with Gasteiger partial charge in [-0.3, -0.25) is 4.79 Å². The van der Waals surface area contributed by atoms with Crippen molar-refractivity contribution in [2.75, 3.05) is 18.4 Å². The highest BCUT2D eigenvalue weighted by molar-refractivity contribution is 7.17. The van der Waals surface area contributed by atoms with Crippen molar-refractivity contribution in [2.45, 2.75) is 20.8 Å². The van der Waals surface area contributed by atoms with Crippen LogP contribution in [0.15, 0.2) is 48.5 Å². The number of carbonyl (C=O) groups is 1. The van der Waals surface area contributed by atoms with Gasteiger partial charge in [-0.25, -0.2) is 9.67 Å². The van der Waals surface area contributed by atoms with Gasteiger partial charge < -0.3 is 10.6 Å². The first-order chi connectivity index (χ1) is 15.0. The van der Waals surface area contributed by atoms with Crippen LogP contribution in [0.4, 0.5) is 5.82 Å². The summed E-state index contributed by atoms with van der Waals surface area (Å²) in [4.78, 5) is 17.7. The molecular weight excluding hydrogens is 410 g/mol. The molecule has 1 amide bonds. The van der Waals surface area contributed by atoms with Crippen molar-refractivity contribution in [3.8, 4) is 16.4 Å². The Hall–Kier alpha value is -3.59. The van der Waals surface area contributed by atoms with Crippen molar-refractivity contribution in [3.05, 3.63) is 70.5 Å². The summed E-state index contributed by atoms with van der Waals surface area (Å²) < 4.78 is 1.76. The number of rotatable bonds is 7. The smallest absolute Gasteiger partial charge is 0.263 e. The highest BCUT2D eigenvalue weighted by Gasteiger charge is 2.15. The zero-order valence-corrected chi connectivity index (χ0v) is 18.4. The van der Waals surface area contributed by atoms with E-state index in [0.717, 1.165) is 27.7 Å².